The van der Waals surface area contributed by atoms with Crippen molar-refractivity contribution in [1.29, 1.82) is 0 Å². The van der Waals surface area contributed by atoms with Gasteiger partial charge in [-0.15, -0.1) is 5.53 Å². The molecule has 3 saturated carbocycles. The molecule has 14 N–H and O–H groups in total. The Hall–Kier alpha value is -6.58. The second kappa shape index (κ2) is 39.4. The summed E-state index contributed by atoms with van der Waals surface area (Å²) in [6.45, 7) is 10.2. The van der Waals surface area contributed by atoms with Crippen LogP contribution in [0.1, 0.15) is 157 Å². The molecule has 4 heterocycles. The van der Waals surface area contributed by atoms with Gasteiger partial charge in [0.15, 0.2) is 41.1 Å². The average molecular weight is 1560 g/mol. The van der Waals surface area contributed by atoms with E-state index in [1.807, 2.05) is 6.92 Å². The number of unbranched alkanes of at least 4 members (excludes halogenated alkanes) is 1. The van der Waals surface area contributed by atoms with Crippen molar-refractivity contribution >= 4 is 58.8 Å². The maximum atomic E-state index is 18.3. The van der Waals surface area contributed by atoms with Crippen LogP contribution in [0.2, 0.25) is 0 Å². The number of hydrogen-bond donors (Lipinski definition) is 13. The van der Waals surface area contributed by atoms with Crippen molar-refractivity contribution in [2.45, 2.75) is 242 Å². The van der Waals surface area contributed by atoms with E-state index in [2.05, 4.69) is 37.5 Å². The van der Waals surface area contributed by atoms with Gasteiger partial charge in [0, 0.05) is 60.9 Å². The molecule has 6 fully saturated rings. The SMILES string of the molecule is CCCC1O[C@@H]2C[C@H]3[C@@H]4C[C@H](F)C5=CC(=O)C=C[C@]5(C)[C@@]4(F)[C@@H](O)C[C@]3(C)[C@]2(C(=O)CNC(=O)[C@H](CCCNC(N)=O)CC(=O)[C@@H](NC(=O)[C@@H](CCCCNC(=O)COC2CCCCCC3=C2NNN3[C@@H]2O[C@H](CO)[C@H](O)[C@H](O)[C@H]2O)NC(=O)CCOCCOCCOCCOCCN2C(=O)CC(C)C2=O)C(C)C)O1. The highest BCUT2D eigenvalue weighted by atomic mass is 19.1. The first kappa shape index (κ1) is 87.4. The minimum atomic E-state index is -2.46. The second-order valence-corrected chi connectivity index (χ2v) is 31.2. The second-order valence-electron chi connectivity index (χ2n) is 31.2. The number of carbonyl (C=O) groups is 10. The van der Waals surface area contributed by atoms with Crippen LogP contribution in [-0.4, -0.2) is 271 Å². The molecular formula is C75H116F2N10O23. The number of nitrogens with zero attached hydrogens (tertiary/aromatic N) is 2. The normalized spacial score (nSPS) is 32.6. The first-order valence-corrected chi connectivity index (χ1v) is 39.1. The van der Waals surface area contributed by atoms with Crippen LogP contribution in [0.15, 0.2) is 35.2 Å². The number of ether oxygens (including phenoxy) is 8. The molecule has 33 nitrogen and oxygen atoms in total. The number of alkyl halides is 2. The van der Waals surface area contributed by atoms with Crippen molar-refractivity contribution in [2.24, 2.45) is 46.2 Å². The number of fused-ring (bicyclic) bond motifs is 7. The van der Waals surface area contributed by atoms with Gasteiger partial charge in [-0.3, -0.25) is 53.1 Å². The lowest BCUT2D eigenvalue weighted by Crippen LogP contribution is -2.71. The molecule has 3 saturated heterocycles. The summed E-state index contributed by atoms with van der Waals surface area (Å²) in [6.07, 6.45) is -5.61. The third-order valence-electron chi connectivity index (χ3n) is 23.5. The number of hydrazine groups is 2. The van der Waals surface area contributed by atoms with Crippen molar-refractivity contribution in [2.75, 3.05) is 92.2 Å². The lowest BCUT2D eigenvalue weighted by atomic mass is 9.44. The molecule has 0 bridgehead atoms. The van der Waals surface area contributed by atoms with Crippen LogP contribution < -0.4 is 43.3 Å². The summed E-state index contributed by atoms with van der Waals surface area (Å²) in [5, 5.41) is 69.0. The monoisotopic (exact) mass is 1560 g/mol. The largest absolute Gasteiger partial charge is 0.394 e. The number of ketones is 3. The molecule has 9 aliphatic rings. The number of urea groups is 1. The number of allylic oxidation sites excluding steroid dienone is 5. The standard InChI is InChI=1S/C75H116F2N10O23/c1-7-14-61-109-57-37-46-47-36-49(76)48-35-45(89)19-21-72(48,5)74(47,77)55(91)38-73(46,6)75(57,110-61)56(92)39-81-67(99)44(15-13-23-80-71(78)102)34-52(90)62(42(2)3)83-68(100)50(82-58(93)20-25-103-27-29-105-31-32-106-30-28-104-26-24-86-60(95)33-43(4)69(86)101)16-11-12-22-79-59(94)41-107-53-18-10-8-9-17-51-63(53)84-85-87(51)70-66(98)65(97)64(96)54(40-88)108-70/h19,21,35,42-44,46-47,49-50,53-55,57,61-62,64-66,70,84-85,88,91,96-98H,7-18,20,22-34,36-41H2,1-6H3,(H,79,94)(H,81,99)(H,82,93)(H,83,100)(H3,78,80,102)/t43?,44-,46+,47+,49+,50-,53?,54-,55+,57-,61?,62+,64+,65+,66-,70-,72+,73+,74+,75-/m1/s1. The van der Waals surface area contributed by atoms with Crippen molar-refractivity contribution < 1.29 is 120 Å². The maximum Gasteiger partial charge on any atom is 0.312 e. The van der Waals surface area contributed by atoms with Gasteiger partial charge < -0.3 is 101 Å². The van der Waals surface area contributed by atoms with Crippen LogP contribution in [0.4, 0.5) is 13.6 Å². The number of halogens is 2. The van der Waals surface area contributed by atoms with Crippen LogP contribution >= 0.6 is 0 Å². The number of likely N-dealkylation sites (tertiary alicyclic amines) is 1. The Morgan fingerprint density at radius 1 is 0.809 bits per heavy atom. The Balaban J connectivity index is 0.810. The minimum absolute atomic E-state index is 0.00346. The summed E-state index contributed by atoms with van der Waals surface area (Å²) >= 11 is 0. The van der Waals surface area contributed by atoms with E-state index >= 15 is 13.6 Å². The van der Waals surface area contributed by atoms with Crippen LogP contribution in [0, 0.1) is 40.4 Å². The van der Waals surface area contributed by atoms with Gasteiger partial charge in [-0.25, -0.2) is 13.6 Å². The van der Waals surface area contributed by atoms with E-state index in [1.54, 1.807) is 27.7 Å². The first-order valence-electron chi connectivity index (χ1n) is 39.1. The fourth-order valence-electron chi connectivity index (χ4n) is 17.6. The Bertz CT molecular complexity index is 3350. The molecule has 0 aromatic heterocycles. The van der Waals surface area contributed by atoms with E-state index in [1.165, 1.54) is 29.0 Å². The number of primary amides is 1. The molecule has 3 unspecified atom stereocenters. The van der Waals surface area contributed by atoms with Crippen molar-refractivity contribution in [3.63, 3.8) is 0 Å². The number of rotatable bonds is 42. The van der Waals surface area contributed by atoms with Crippen LogP contribution in [0.5, 0.6) is 0 Å². The van der Waals surface area contributed by atoms with E-state index in [4.69, 9.17) is 43.6 Å². The molecule has 20 atom stereocenters. The topological polar surface area (TPSA) is 462 Å². The van der Waals surface area contributed by atoms with Gasteiger partial charge in [0.05, 0.1) is 102 Å². The maximum absolute atomic E-state index is 18.3. The summed E-state index contributed by atoms with van der Waals surface area (Å²) < 4.78 is 82.2. The molecule has 110 heavy (non-hydrogen) atoms. The van der Waals surface area contributed by atoms with Crippen LogP contribution in [0.25, 0.3) is 0 Å². The number of nitrogens with one attached hydrogen (secondary N) is 7. The zero-order chi connectivity index (χ0) is 79.8. The van der Waals surface area contributed by atoms with Gasteiger partial charge in [-0.05, 0) is 114 Å². The lowest BCUT2D eigenvalue weighted by Gasteiger charge is -2.63. The van der Waals surface area contributed by atoms with Crippen LogP contribution in [-0.2, 0) is 81.0 Å². The molecule has 0 radical (unpaired) electrons. The predicted octanol–water partition coefficient (Wildman–Crippen LogP) is 0.354. The average Bonchev–Trinajstić information content (AvgIpc) is 1.43. The number of amides is 8. The summed E-state index contributed by atoms with van der Waals surface area (Å²) in [4.78, 5) is 136. The Morgan fingerprint density at radius 2 is 1.51 bits per heavy atom. The van der Waals surface area contributed by atoms with Crippen molar-refractivity contribution in [3.05, 3.63) is 35.2 Å². The lowest BCUT2D eigenvalue weighted by molar-refractivity contribution is -0.266. The quantitative estimate of drug-likeness (QED) is 0.0290. The van der Waals surface area contributed by atoms with Gasteiger partial charge in [-0.2, -0.15) is 0 Å². The highest BCUT2D eigenvalue weighted by Crippen LogP contribution is 2.72. The van der Waals surface area contributed by atoms with Gasteiger partial charge in [0.25, 0.3) is 0 Å². The summed E-state index contributed by atoms with van der Waals surface area (Å²) in [6, 6.07) is -3.31. The molecule has 0 aromatic carbocycles. The number of nitrogens with two attached hydrogens (primary N) is 1. The first-order chi connectivity index (χ1) is 52.4. The number of aliphatic hydroxyl groups excluding tert-OH is 5. The summed E-state index contributed by atoms with van der Waals surface area (Å²) in [5.74, 6) is -8.71. The number of carbonyl (C=O) groups excluding carboxylic acids is 10. The molecule has 4 aliphatic heterocycles. The predicted molar refractivity (Wildman–Crippen MR) is 385 cm³/mol. The molecular weight excluding hydrogens is 1450 g/mol. The summed E-state index contributed by atoms with van der Waals surface area (Å²) in [5.41, 5.74) is 5.15. The molecule has 0 aromatic rings. The molecule has 35 heteroatoms. The Kier molecular flexibility index (Phi) is 31.3. The fraction of sp³-hybridized carbons (Fsp3) is 0.787. The van der Waals surface area contributed by atoms with Gasteiger partial charge in [0.1, 0.15) is 49.3 Å². The smallest absolute Gasteiger partial charge is 0.312 e. The molecule has 8 amide bonds. The van der Waals surface area contributed by atoms with E-state index in [-0.39, 0.29) is 160 Å². The van der Waals surface area contributed by atoms with E-state index in [0.29, 0.717) is 43.5 Å². The van der Waals surface area contributed by atoms with Gasteiger partial charge >= 0.3 is 6.03 Å². The number of imide groups is 1. The number of Topliss-reactive ketones (excluding diaryl/α,β-unsaturated/α-hetero) is 2. The van der Waals surface area contributed by atoms with Gasteiger partial charge in [0.2, 0.25) is 35.4 Å². The summed E-state index contributed by atoms with van der Waals surface area (Å²) in [7, 11) is 0. The van der Waals surface area contributed by atoms with Crippen LogP contribution in [0.3, 0.4) is 0 Å². The number of aliphatic hydroxyl groups is 5. The van der Waals surface area contributed by atoms with E-state index in [9.17, 15) is 68.7 Å². The molecule has 9 rings (SSSR count). The Labute approximate surface area is 639 Å². The minimum Gasteiger partial charge on any atom is -0.394 e. The zero-order valence-electron chi connectivity index (χ0n) is 64.0. The van der Waals surface area contributed by atoms with Crippen molar-refractivity contribution in [3.8, 4) is 0 Å². The van der Waals surface area contributed by atoms with Crippen molar-refractivity contribution in [1.82, 2.24) is 47.5 Å². The van der Waals surface area contributed by atoms with Gasteiger partial charge in [-0.1, -0.05) is 60.0 Å². The third kappa shape index (κ3) is 19.8. The number of hydrogen-bond acceptors (Lipinski definition) is 26. The highest BCUT2D eigenvalue weighted by molar-refractivity contribution is 6.03. The Morgan fingerprint density at radius 3 is 2.18 bits per heavy atom. The molecule has 0 spiro atoms. The molecule has 618 valence electrons. The zero-order valence-corrected chi connectivity index (χ0v) is 64.0. The third-order valence-corrected chi connectivity index (χ3v) is 23.5. The molecule has 5 aliphatic carbocycles. The fourth-order valence-corrected chi connectivity index (χ4v) is 17.6. The highest BCUT2D eigenvalue weighted by Gasteiger charge is 2.80. The van der Waals surface area contributed by atoms with E-state index in [0.717, 1.165) is 25.3 Å². The van der Waals surface area contributed by atoms with E-state index < -0.39 is 186 Å².